The van der Waals surface area contributed by atoms with Crippen LogP contribution >= 0.6 is 11.6 Å². The Morgan fingerprint density at radius 1 is 1.30 bits per heavy atom. The number of anilines is 1. The monoisotopic (exact) mass is 292 g/mol. The Bertz CT molecular complexity index is 825. The van der Waals surface area contributed by atoms with Gasteiger partial charge in [-0.15, -0.1) is 0 Å². The van der Waals surface area contributed by atoms with Crippen LogP contribution in [-0.2, 0) is 6.54 Å². The van der Waals surface area contributed by atoms with Crippen molar-refractivity contribution in [1.29, 1.82) is 0 Å². The fourth-order valence-corrected chi connectivity index (χ4v) is 2.14. The molecule has 4 nitrogen and oxygen atoms in total. The maximum Gasteiger partial charge on any atom is 0.417 e. The quantitative estimate of drug-likeness (QED) is 0.776. The lowest BCUT2D eigenvalue weighted by molar-refractivity contribution is 0.555. The highest BCUT2D eigenvalue weighted by Gasteiger charge is 2.06. The molecule has 3 rings (SSSR count). The average Bonchev–Trinajstić information content (AvgIpc) is 2.79. The standard InChI is InChI=1S/C14H10ClFN2O2/c15-10-3-1-2-8(13(10)16)7-17-9-4-5-12-11(6-9)18-14(19)20-12/h1-6,17H,7H2,(H,18,19). The number of H-pyrrole nitrogens is 1. The van der Waals surface area contributed by atoms with Gasteiger partial charge in [0.25, 0.3) is 0 Å². The summed E-state index contributed by atoms with van der Waals surface area (Å²) in [5.41, 5.74) is 2.29. The molecule has 0 aliphatic heterocycles. The predicted molar refractivity (Wildman–Crippen MR) is 75.6 cm³/mol. The van der Waals surface area contributed by atoms with Crippen LogP contribution in [0.4, 0.5) is 10.1 Å². The maximum absolute atomic E-state index is 13.7. The second-order valence-corrected chi connectivity index (χ2v) is 4.70. The normalized spacial score (nSPS) is 10.9. The molecule has 1 aromatic heterocycles. The van der Waals surface area contributed by atoms with E-state index >= 15 is 0 Å². The highest BCUT2D eigenvalue weighted by Crippen LogP contribution is 2.20. The molecule has 2 N–H and O–H groups in total. The van der Waals surface area contributed by atoms with Gasteiger partial charge in [0, 0.05) is 17.8 Å². The molecule has 0 atom stereocenters. The summed E-state index contributed by atoms with van der Waals surface area (Å²) in [7, 11) is 0. The van der Waals surface area contributed by atoms with Crippen LogP contribution in [0.15, 0.2) is 45.6 Å². The fourth-order valence-electron chi connectivity index (χ4n) is 1.94. The molecule has 2 aromatic carbocycles. The van der Waals surface area contributed by atoms with Crippen molar-refractivity contribution in [2.75, 3.05) is 5.32 Å². The molecule has 20 heavy (non-hydrogen) atoms. The fraction of sp³-hybridized carbons (Fsp3) is 0.0714. The van der Waals surface area contributed by atoms with Crippen LogP contribution in [0.5, 0.6) is 0 Å². The molecular weight excluding hydrogens is 283 g/mol. The first-order chi connectivity index (χ1) is 9.63. The number of hydrogen-bond donors (Lipinski definition) is 2. The third-order valence-corrected chi connectivity index (χ3v) is 3.23. The lowest BCUT2D eigenvalue weighted by atomic mass is 10.2. The molecule has 3 aromatic rings. The van der Waals surface area contributed by atoms with Gasteiger partial charge in [-0.1, -0.05) is 23.7 Å². The van der Waals surface area contributed by atoms with E-state index in [1.165, 1.54) is 6.07 Å². The van der Waals surface area contributed by atoms with Crippen molar-refractivity contribution in [2.45, 2.75) is 6.54 Å². The summed E-state index contributed by atoms with van der Waals surface area (Å²) in [4.78, 5) is 13.6. The van der Waals surface area contributed by atoms with E-state index in [1.54, 1.807) is 30.3 Å². The number of halogens is 2. The van der Waals surface area contributed by atoms with E-state index in [4.69, 9.17) is 16.0 Å². The minimum absolute atomic E-state index is 0.0962. The topological polar surface area (TPSA) is 58.0 Å². The second kappa shape index (κ2) is 5.02. The summed E-state index contributed by atoms with van der Waals surface area (Å²) in [6, 6.07) is 10.0. The zero-order chi connectivity index (χ0) is 14.1. The summed E-state index contributed by atoms with van der Waals surface area (Å²) in [6.07, 6.45) is 0. The molecule has 1 heterocycles. The summed E-state index contributed by atoms with van der Waals surface area (Å²) >= 11 is 5.72. The molecule has 0 radical (unpaired) electrons. The minimum Gasteiger partial charge on any atom is -0.408 e. The average molecular weight is 293 g/mol. The third-order valence-electron chi connectivity index (χ3n) is 2.93. The van der Waals surface area contributed by atoms with Crippen molar-refractivity contribution in [2.24, 2.45) is 0 Å². The van der Waals surface area contributed by atoms with E-state index in [0.717, 1.165) is 5.69 Å². The van der Waals surface area contributed by atoms with Gasteiger partial charge in [-0.25, -0.2) is 9.18 Å². The van der Waals surface area contributed by atoms with Gasteiger partial charge < -0.3 is 9.73 Å². The molecule has 0 aliphatic rings. The summed E-state index contributed by atoms with van der Waals surface area (Å²) in [5.74, 6) is -0.933. The second-order valence-electron chi connectivity index (χ2n) is 4.29. The van der Waals surface area contributed by atoms with Crippen LogP contribution in [0.1, 0.15) is 5.56 Å². The molecule has 0 amide bonds. The van der Waals surface area contributed by atoms with Crippen molar-refractivity contribution in [3.63, 3.8) is 0 Å². The smallest absolute Gasteiger partial charge is 0.408 e. The van der Waals surface area contributed by atoms with Gasteiger partial charge in [0.2, 0.25) is 0 Å². The van der Waals surface area contributed by atoms with Gasteiger partial charge in [0.1, 0.15) is 5.82 Å². The van der Waals surface area contributed by atoms with E-state index in [1.807, 2.05) is 0 Å². The summed E-state index contributed by atoms with van der Waals surface area (Å²) in [6.45, 7) is 0.292. The van der Waals surface area contributed by atoms with Gasteiger partial charge in [-0.2, -0.15) is 0 Å². The lowest BCUT2D eigenvalue weighted by Crippen LogP contribution is -2.02. The number of rotatable bonds is 3. The third kappa shape index (κ3) is 2.40. The zero-order valence-electron chi connectivity index (χ0n) is 10.2. The highest BCUT2D eigenvalue weighted by atomic mass is 35.5. The van der Waals surface area contributed by atoms with Crippen LogP contribution < -0.4 is 11.1 Å². The Labute approximate surface area is 118 Å². The molecule has 0 bridgehead atoms. The zero-order valence-corrected chi connectivity index (χ0v) is 11.0. The van der Waals surface area contributed by atoms with Crippen molar-refractivity contribution in [3.8, 4) is 0 Å². The van der Waals surface area contributed by atoms with Crippen LogP contribution in [0.25, 0.3) is 11.1 Å². The molecule has 0 aliphatic carbocycles. The SMILES string of the molecule is O=c1[nH]c2cc(NCc3cccc(Cl)c3F)ccc2o1. The van der Waals surface area contributed by atoms with Crippen LogP contribution in [0, 0.1) is 5.82 Å². The van der Waals surface area contributed by atoms with E-state index in [0.29, 0.717) is 23.2 Å². The molecule has 0 spiro atoms. The van der Waals surface area contributed by atoms with E-state index in [9.17, 15) is 9.18 Å². The number of fused-ring (bicyclic) bond motifs is 1. The van der Waals surface area contributed by atoms with Crippen molar-refractivity contribution in [3.05, 3.63) is 63.4 Å². The molecule has 0 saturated carbocycles. The van der Waals surface area contributed by atoms with Gasteiger partial charge in [0.15, 0.2) is 5.58 Å². The Morgan fingerprint density at radius 3 is 3.00 bits per heavy atom. The van der Waals surface area contributed by atoms with Crippen molar-refractivity contribution in [1.82, 2.24) is 4.98 Å². The molecular formula is C14H10ClFN2O2. The maximum atomic E-state index is 13.7. The molecule has 0 unspecified atom stereocenters. The van der Waals surface area contributed by atoms with Crippen LogP contribution in [-0.4, -0.2) is 4.98 Å². The van der Waals surface area contributed by atoms with Crippen molar-refractivity contribution >= 4 is 28.4 Å². The van der Waals surface area contributed by atoms with Gasteiger partial charge >= 0.3 is 5.76 Å². The predicted octanol–water partition coefficient (Wildman–Crippen LogP) is 3.53. The number of nitrogens with one attached hydrogen (secondary N) is 2. The lowest BCUT2D eigenvalue weighted by Gasteiger charge is -2.08. The first-order valence-electron chi connectivity index (χ1n) is 5.93. The largest absolute Gasteiger partial charge is 0.417 e. The number of aromatic amines is 1. The van der Waals surface area contributed by atoms with E-state index < -0.39 is 11.6 Å². The number of oxazole rings is 1. The Hall–Kier alpha value is -2.27. The number of aromatic nitrogens is 1. The molecule has 102 valence electrons. The first kappa shape index (κ1) is 12.7. The summed E-state index contributed by atoms with van der Waals surface area (Å²) in [5, 5.41) is 3.16. The molecule has 0 saturated heterocycles. The highest BCUT2D eigenvalue weighted by molar-refractivity contribution is 6.30. The Balaban J connectivity index is 1.82. The van der Waals surface area contributed by atoms with Crippen LogP contribution in [0.3, 0.4) is 0 Å². The van der Waals surface area contributed by atoms with E-state index in [-0.39, 0.29) is 5.02 Å². The molecule has 6 heteroatoms. The Kier molecular flexibility index (Phi) is 3.20. The van der Waals surface area contributed by atoms with E-state index in [2.05, 4.69) is 10.3 Å². The first-order valence-corrected chi connectivity index (χ1v) is 6.31. The number of hydrogen-bond acceptors (Lipinski definition) is 3. The minimum atomic E-state index is -0.502. The molecule has 0 fully saturated rings. The number of benzene rings is 2. The van der Waals surface area contributed by atoms with Crippen LogP contribution in [0.2, 0.25) is 5.02 Å². The van der Waals surface area contributed by atoms with Gasteiger partial charge in [0.05, 0.1) is 10.5 Å². The van der Waals surface area contributed by atoms with Gasteiger partial charge in [-0.05, 0) is 24.3 Å². The Morgan fingerprint density at radius 2 is 2.15 bits per heavy atom. The van der Waals surface area contributed by atoms with Gasteiger partial charge in [-0.3, -0.25) is 4.98 Å². The van der Waals surface area contributed by atoms with Crippen molar-refractivity contribution < 1.29 is 8.81 Å². The summed E-state index contributed by atoms with van der Waals surface area (Å²) < 4.78 is 18.6.